The maximum Gasteiger partial charge on any atom is 0.340 e. The monoisotopic (exact) mass is 508 g/mol. The Morgan fingerprint density at radius 3 is 1.87 bits per heavy atom. The van der Waals surface area contributed by atoms with Crippen LogP contribution in [-0.2, 0) is 10.2 Å². The fourth-order valence-electron chi connectivity index (χ4n) is 8.09. The van der Waals surface area contributed by atoms with Gasteiger partial charge in [0.2, 0.25) is 0 Å². The molecule has 0 amide bonds. The minimum atomic E-state index is -0.283. The van der Waals surface area contributed by atoms with Crippen molar-refractivity contribution in [1.29, 1.82) is 0 Å². The van der Waals surface area contributed by atoms with E-state index in [4.69, 9.17) is 4.74 Å². The molecule has 4 fully saturated rings. The Morgan fingerprint density at radius 2 is 1.32 bits per heavy atom. The second-order valence-electron chi connectivity index (χ2n) is 11.8. The molecule has 4 bridgehead atoms. The van der Waals surface area contributed by atoms with E-state index in [0.717, 1.165) is 41.4 Å². The molecule has 0 unspecified atom stereocenters. The number of esters is 1. The topological polar surface area (TPSA) is 32.8 Å². The molecule has 0 atom stereocenters. The van der Waals surface area contributed by atoms with Crippen molar-refractivity contribution in [1.82, 2.24) is 0 Å². The number of rotatable bonds is 8. The van der Waals surface area contributed by atoms with Gasteiger partial charge in [-0.2, -0.15) is 0 Å². The van der Waals surface area contributed by atoms with E-state index in [9.17, 15) is 4.79 Å². The summed E-state index contributed by atoms with van der Waals surface area (Å²) in [4.78, 5) is 17.0. The number of para-hydroxylation sites is 1. The van der Waals surface area contributed by atoms with Gasteiger partial charge >= 0.3 is 5.97 Å². The van der Waals surface area contributed by atoms with Gasteiger partial charge in [0.15, 0.2) is 0 Å². The maximum absolute atomic E-state index is 12.6. The quantitative estimate of drug-likeness (QED) is 0.287. The van der Waals surface area contributed by atoms with Gasteiger partial charge in [-0.3, -0.25) is 0 Å². The van der Waals surface area contributed by atoms with Gasteiger partial charge in [-0.25, -0.2) is 4.79 Å². The van der Waals surface area contributed by atoms with Crippen molar-refractivity contribution in [2.24, 2.45) is 17.8 Å². The lowest BCUT2D eigenvalue weighted by Crippen LogP contribution is -2.48. The molecule has 0 spiro atoms. The van der Waals surface area contributed by atoms with E-state index in [2.05, 4.69) is 72.3 Å². The average Bonchev–Trinajstić information content (AvgIpc) is 2.93. The lowest BCUT2D eigenvalue weighted by Gasteiger charge is -2.57. The van der Waals surface area contributed by atoms with Gasteiger partial charge in [-0.1, -0.05) is 24.3 Å². The van der Waals surface area contributed by atoms with E-state index in [0.29, 0.717) is 17.6 Å². The number of carbonyl (C=O) groups is 1. The first-order valence-corrected chi connectivity index (χ1v) is 14.5. The molecule has 3 aromatic carbocycles. The Labute approximate surface area is 227 Å². The molecule has 4 saturated carbocycles. The number of carbonyl (C=O) groups excluding carboxylic acids is 1. The second kappa shape index (κ2) is 10.1. The van der Waals surface area contributed by atoms with Crippen LogP contribution >= 0.6 is 0 Å². The fraction of sp³-hybridized carbons (Fsp3) is 0.441. The van der Waals surface area contributed by atoms with E-state index in [1.165, 1.54) is 44.2 Å². The first-order valence-electron chi connectivity index (χ1n) is 14.5. The Morgan fingerprint density at radius 1 is 0.789 bits per heavy atom. The van der Waals surface area contributed by atoms with Crippen molar-refractivity contribution in [3.05, 3.63) is 83.9 Å². The number of ether oxygens (including phenoxy) is 1. The fourth-order valence-corrected chi connectivity index (χ4v) is 8.09. The third kappa shape index (κ3) is 4.48. The van der Waals surface area contributed by atoms with Crippen LogP contribution < -0.4 is 9.80 Å². The Bertz CT molecular complexity index is 1250. The summed E-state index contributed by atoms with van der Waals surface area (Å²) in [5.74, 6) is 2.62. The Balaban J connectivity index is 1.20. The molecule has 0 heterocycles. The molecule has 4 aliphatic rings. The molecular weight excluding hydrogens is 468 g/mol. The number of hydrogen-bond donors (Lipinski definition) is 0. The van der Waals surface area contributed by atoms with Gasteiger partial charge in [0.05, 0.1) is 17.9 Å². The van der Waals surface area contributed by atoms with Gasteiger partial charge in [-0.15, -0.1) is 0 Å². The number of nitrogens with zero attached hydrogens (tertiary/aromatic N) is 2. The minimum absolute atomic E-state index is 0.283. The van der Waals surface area contributed by atoms with Gasteiger partial charge in [0, 0.05) is 30.7 Å². The van der Waals surface area contributed by atoms with Crippen LogP contribution in [0.1, 0.15) is 68.3 Å². The van der Waals surface area contributed by atoms with Crippen LogP contribution in [0.5, 0.6) is 0 Å². The van der Waals surface area contributed by atoms with E-state index in [1.807, 2.05) is 31.2 Å². The number of benzene rings is 3. The molecule has 0 aromatic heterocycles. The molecule has 3 aromatic rings. The highest BCUT2D eigenvalue weighted by Gasteiger charge is 2.51. The largest absolute Gasteiger partial charge is 0.462 e. The van der Waals surface area contributed by atoms with Crippen molar-refractivity contribution >= 4 is 28.7 Å². The van der Waals surface area contributed by atoms with Crippen LogP contribution in [0.4, 0.5) is 22.7 Å². The van der Waals surface area contributed by atoms with Crippen molar-refractivity contribution in [2.45, 2.75) is 57.8 Å². The molecule has 4 nitrogen and oxygen atoms in total. The summed E-state index contributed by atoms with van der Waals surface area (Å²) in [5, 5.41) is 0. The zero-order valence-corrected chi connectivity index (χ0v) is 23.0. The van der Waals surface area contributed by atoms with E-state index in [1.54, 1.807) is 5.56 Å². The van der Waals surface area contributed by atoms with Gasteiger partial charge in [0.25, 0.3) is 0 Å². The van der Waals surface area contributed by atoms with Crippen LogP contribution in [-0.4, -0.2) is 26.2 Å². The molecule has 4 aliphatic carbocycles. The molecule has 0 saturated heterocycles. The van der Waals surface area contributed by atoms with Gasteiger partial charge in [-0.05, 0) is 130 Å². The first kappa shape index (κ1) is 25.0. The summed E-state index contributed by atoms with van der Waals surface area (Å²) in [6.45, 7) is 5.05. The van der Waals surface area contributed by atoms with Crippen molar-refractivity contribution in [3.8, 4) is 0 Å². The van der Waals surface area contributed by atoms with Crippen LogP contribution in [0.2, 0.25) is 0 Å². The maximum atomic E-state index is 12.6. The summed E-state index contributed by atoms with van der Waals surface area (Å²) >= 11 is 0. The molecule has 0 radical (unpaired) electrons. The smallest absolute Gasteiger partial charge is 0.340 e. The highest BCUT2D eigenvalue weighted by Crippen LogP contribution is 2.60. The third-order valence-corrected chi connectivity index (χ3v) is 9.46. The molecular formula is C34H40N2O2. The molecule has 0 N–H and O–H groups in total. The van der Waals surface area contributed by atoms with Gasteiger partial charge < -0.3 is 14.5 Å². The van der Waals surface area contributed by atoms with Crippen LogP contribution in [0.3, 0.4) is 0 Å². The van der Waals surface area contributed by atoms with Crippen molar-refractivity contribution < 1.29 is 9.53 Å². The van der Waals surface area contributed by atoms with Crippen LogP contribution in [0, 0.1) is 17.8 Å². The Kier molecular flexibility index (Phi) is 6.67. The van der Waals surface area contributed by atoms with E-state index < -0.39 is 0 Å². The summed E-state index contributed by atoms with van der Waals surface area (Å²) in [6, 6.07) is 25.7. The molecule has 38 heavy (non-hydrogen) atoms. The predicted octanol–water partition coefficient (Wildman–Crippen LogP) is 8.26. The summed E-state index contributed by atoms with van der Waals surface area (Å²) in [7, 11) is 2.14. The zero-order valence-electron chi connectivity index (χ0n) is 23.0. The average molecular weight is 509 g/mol. The predicted molar refractivity (Wildman–Crippen MR) is 156 cm³/mol. The van der Waals surface area contributed by atoms with Crippen molar-refractivity contribution in [2.75, 3.05) is 30.0 Å². The molecule has 4 heteroatoms. The van der Waals surface area contributed by atoms with Gasteiger partial charge in [0.1, 0.15) is 0 Å². The third-order valence-electron chi connectivity index (χ3n) is 9.46. The minimum Gasteiger partial charge on any atom is -0.462 e. The summed E-state index contributed by atoms with van der Waals surface area (Å²) in [5.41, 5.74) is 6.89. The van der Waals surface area contributed by atoms with E-state index >= 15 is 0 Å². The lowest BCUT2D eigenvalue weighted by atomic mass is 9.48. The van der Waals surface area contributed by atoms with Crippen LogP contribution in [0.25, 0.3) is 0 Å². The second-order valence-corrected chi connectivity index (χ2v) is 11.8. The van der Waals surface area contributed by atoms with Crippen LogP contribution in [0.15, 0.2) is 72.8 Å². The first-order chi connectivity index (χ1) is 18.5. The molecule has 198 valence electrons. The molecule has 0 aliphatic heterocycles. The normalized spacial score (nSPS) is 25.3. The molecule has 7 rings (SSSR count). The number of hydrogen-bond acceptors (Lipinski definition) is 4. The highest BCUT2D eigenvalue weighted by atomic mass is 16.5. The lowest BCUT2D eigenvalue weighted by molar-refractivity contribution is -0.00518. The van der Waals surface area contributed by atoms with E-state index in [-0.39, 0.29) is 5.97 Å². The summed E-state index contributed by atoms with van der Waals surface area (Å²) in [6.07, 6.45) is 8.68. The standard InChI is InChI=1S/C34H40N2O2/c1-4-36(32-9-7-6-8-31(32)33(37)38-5-2)30-16-14-29(15-17-30)35(3)28-12-10-27(11-13-28)34-21-24-18-25(22-34)20-26(19-24)23-34/h6-17,24-26H,4-5,18-23H2,1-3H3. The highest BCUT2D eigenvalue weighted by molar-refractivity contribution is 5.97. The SMILES string of the molecule is CCOC(=O)c1ccccc1N(CC)c1ccc(N(C)c2ccc(C34CC5CC(CC(C5)C3)C4)cc2)cc1. The summed E-state index contributed by atoms with van der Waals surface area (Å²) < 4.78 is 5.30. The number of anilines is 4. The van der Waals surface area contributed by atoms with Crippen molar-refractivity contribution in [3.63, 3.8) is 0 Å². The Hall–Kier alpha value is -3.27. The zero-order chi connectivity index (χ0) is 26.3.